The number of rotatable bonds is 2. The van der Waals surface area contributed by atoms with Crippen LogP contribution in [0.2, 0.25) is 0 Å². The van der Waals surface area contributed by atoms with Gasteiger partial charge in [0, 0.05) is 40.0 Å². The van der Waals surface area contributed by atoms with Gasteiger partial charge in [-0.15, -0.1) is 13.2 Å². The van der Waals surface area contributed by atoms with Crippen molar-refractivity contribution in [2.75, 3.05) is 6.54 Å². The first-order valence-corrected chi connectivity index (χ1v) is 3.11. The Morgan fingerprint density at radius 3 is 2.55 bits per heavy atom. The SMILES string of the molecule is C=C.NCCc1cnc[nH]1.[Ti]. The molecule has 11 heavy (non-hydrogen) atoms. The van der Waals surface area contributed by atoms with Gasteiger partial charge in [-0.3, -0.25) is 0 Å². The first kappa shape index (κ1) is 13.2. The van der Waals surface area contributed by atoms with Crippen LogP contribution in [0.15, 0.2) is 25.7 Å². The van der Waals surface area contributed by atoms with Gasteiger partial charge >= 0.3 is 0 Å². The van der Waals surface area contributed by atoms with Gasteiger partial charge in [0.2, 0.25) is 0 Å². The van der Waals surface area contributed by atoms with Crippen molar-refractivity contribution in [2.45, 2.75) is 6.42 Å². The second-order valence-electron chi connectivity index (χ2n) is 1.62. The largest absolute Gasteiger partial charge is 0.348 e. The van der Waals surface area contributed by atoms with Crippen molar-refractivity contribution in [1.29, 1.82) is 0 Å². The van der Waals surface area contributed by atoms with E-state index >= 15 is 0 Å². The van der Waals surface area contributed by atoms with Crippen LogP contribution in [-0.4, -0.2) is 16.5 Å². The van der Waals surface area contributed by atoms with E-state index in [-0.39, 0.29) is 21.7 Å². The van der Waals surface area contributed by atoms with Crippen molar-refractivity contribution in [3.63, 3.8) is 0 Å². The molecule has 0 unspecified atom stereocenters. The third-order valence-electron chi connectivity index (χ3n) is 0.969. The van der Waals surface area contributed by atoms with E-state index in [0.29, 0.717) is 6.54 Å². The van der Waals surface area contributed by atoms with Gasteiger partial charge in [0.1, 0.15) is 0 Å². The summed E-state index contributed by atoms with van der Waals surface area (Å²) in [4.78, 5) is 6.78. The summed E-state index contributed by atoms with van der Waals surface area (Å²) in [5, 5.41) is 0. The summed E-state index contributed by atoms with van der Waals surface area (Å²) < 4.78 is 0. The smallest absolute Gasteiger partial charge is 0.0921 e. The predicted octanol–water partition coefficient (Wildman–Crippen LogP) is 0.711. The molecule has 1 rings (SSSR count). The summed E-state index contributed by atoms with van der Waals surface area (Å²) in [6.45, 7) is 6.68. The summed E-state index contributed by atoms with van der Waals surface area (Å²) in [5.74, 6) is 0. The zero-order valence-corrected chi connectivity index (χ0v) is 8.07. The number of nitrogens with zero attached hydrogens (tertiary/aromatic N) is 1. The summed E-state index contributed by atoms with van der Waals surface area (Å²) in [5.41, 5.74) is 6.38. The molecule has 3 N–H and O–H groups in total. The Bertz CT molecular complexity index is 151. The van der Waals surface area contributed by atoms with Crippen LogP contribution < -0.4 is 5.73 Å². The number of nitrogens with one attached hydrogen (secondary N) is 1. The molecule has 0 aliphatic rings. The fourth-order valence-electron chi connectivity index (χ4n) is 0.577. The average molecular weight is 187 g/mol. The van der Waals surface area contributed by atoms with E-state index in [1.807, 2.05) is 0 Å². The maximum Gasteiger partial charge on any atom is 0.0921 e. The number of aromatic amines is 1. The maximum absolute atomic E-state index is 5.27. The zero-order valence-electron chi connectivity index (χ0n) is 6.51. The molecule has 3 nitrogen and oxygen atoms in total. The van der Waals surface area contributed by atoms with Crippen molar-refractivity contribution < 1.29 is 21.7 Å². The predicted molar refractivity (Wildman–Crippen MR) is 42.6 cm³/mol. The van der Waals surface area contributed by atoms with Crippen molar-refractivity contribution in [3.05, 3.63) is 31.4 Å². The third-order valence-corrected chi connectivity index (χ3v) is 0.969. The molecule has 0 spiro atoms. The van der Waals surface area contributed by atoms with E-state index in [4.69, 9.17) is 5.73 Å². The van der Waals surface area contributed by atoms with E-state index in [1.165, 1.54) is 0 Å². The molecule has 0 atom stereocenters. The molecule has 1 heterocycles. The molecular weight excluding hydrogens is 174 g/mol. The average Bonchev–Trinajstić information content (AvgIpc) is 2.46. The van der Waals surface area contributed by atoms with E-state index in [2.05, 4.69) is 23.1 Å². The third kappa shape index (κ3) is 6.04. The summed E-state index contributed by atoms with van der Waals surface area (Å²) in [6.07, 6.45) is 4.33. The minimum Gasteiger partial charge on any atom is -0.348 e. The number of nitrogens with two attached hydrogens (primary N) is 1. The molecule has 60 valence electrons. The van der Waals surface area contributed by atoms with Crippen molar-refractivity contribution >= 4 is 0 Å². The molecule has 0 fully saturated rings. The van der Waals surface area contributed by atoms with Gasteiger partial charge in [0.05, 0.1) is 6.33 Å². The van der Waals surface area contributed by atoms with Crippen LogP contribution in [0.25, 0.3) is 0 Å². The second-order valence-corrected chi connectivity index (χ2v) is 1.62. The standard InChI is InChI=1S/C5H9N3.C2H4.Ti/c6-2-1-5-3-7-4-8-5;1-2;/h3-4H,1-2,6H2,(H,7,8);1-2H2;. The number of hydrogen-bond acceptors (Lipinski definition) is 2. The zero-order chi connectivity index (χ0) is 7.82. The van der Waals surface area contributed by atoms with E-state index in [0.717, 1.165) is 12.1 Å². The molecule has 1 aromatic heterocycles. The fourth-order valence-corrected chi connectivity index (χ4v) is 0.577. The fraction of sp³-hybridized carbons (Fsp3) is 0.286. The summed E-state index contributed by atoms with van der Waals surface area (Å²) in [7, 11) is 0. The first-order valence-electron chi connectivity index (χ1n) is 3.11. The monoisotopic (exact) mass is 187 g/mol. The molecule has 1 aromatic rings. The minimum absolute atomic E-state index is 0. The molecule has 0 aliphatic carbocycles. The molecule has 0 saturated heterocycles. The van der Waals surface area contributed by atoms with Gasteiger partial charge in [0.15, 0.2) is 0 Å². The topological polar surface area (TPSA) is 54.7 Å². The van der Waals surface area contributed by atoms with Crippen molar-refractivity contribution in [3.8, 4) is 0 Å². The number of hydrogen-bond donors (Lipinski definition) is 2. The minimum atomic E-state index is 0. The maximum atomic E-state index is 5.27. The summed E-state index contributed by atoms with van der Waals surface area (Å²) in [6, 6.07) is 0. The second kappa shape index (κ2) is 9.62. The molecule has 0 bridgehead atoms. The molecular formula is C7H13N3Ti. The van der Waals surface area contributed by atoms with Crippen LogP contribution in [0.3, 0.4) is 0 Å². The Kier molecular flexibility index (Phi) is 11.6. The van der Waals surface area contributed by atoms with Crippen LogP contribution in [0.4, 0.5) is 0 Å². The first-order chi connectivity index (χ1) is 4.93. The van der Waals surface area contributed by atoms with Crippen molar-refractivity contribution in [1.82, 2.24) is 9.97 Å². The van der Waals surface area contributed by atoms with Gasteiger partial charge in [0.25, 0.3) is 0 Å². The van der Waals surface area contributed by atoms with Gasteiger partial charge < -0.3 is 10.7 Å². The Labute approximate surface area is 82.0 Å². The van der Waals surface area contributed by atoms with Crippen LogP contribution in [0, 0.1) is 0 Å². The van der Waals surface area contributed by atoms with Crippen LogP contribution >= 0.6 is 0 Å². The van der Waals surface area contributed by atoms with Crippen LogP contribution in [0.1, 0.15) is 5.69 Å². The Hall–Kier alpha value is -0.376. The quantitative estimate of drug-likeness (QED) is 0.529. The van der Waals surface area contributed by atoms with E-state index in [9.17, 15) is 0 Å². The molecule has 0 aromatic carbocycles. The number of aromatic nitrogens is 2. The normalized spacial score (nSPS) is 7.36. The number of H-pyrrole nitrogens is 1. The van der Waals surface area contributed by atoms with Crippen LogP contribution in [-0.2, 0) is 28.1 Å². The Morgan fingerprint density at radius 2 is 2.18 bits per heavy atom. The Morgan fingerprint density at radius 1 is 1.55 bits per heavy atom. The van der Waals surface area contributed by atoms with Crippen LogP contribution in [0.5, 0.6) is 0 Å². The molecule has 0 aliphatic heterocycles. The summed E-state index contributed by atoms with van der Waals surface area (Å²) >= 11 is 0. The van der Waals surface area contributed by atoms with Gasteiger partial charge in [-0.1, -0.05) is 0 Å². The molecule has 0 amide bonds. The number of imidazole rings is 1. The molecule has 0 radical (unpaired) electrons. The van der Waals surface area contributed by atoms with Gasteiger partial charge in [-0.25, -0.2) is 4.98 Å². The molecule has 0 saturated carbocycles. The van der Waals surface area contributed by atoms with E-state index in [1.54, 1.807) is 12.5 Å². The molecule has 4 heteroatoms. The van der Waals surface area contributed by atoms with E-state index < -0.39 is 0 Å². The van der Waals surface area contributed by atoms with Gasteiger partial charge in [-0.05, 0) is 6.54 Å². The van der Waals surface area contributed by atoms with Gasteiger partial charge in [-0.2, -0.15) is 0 Å². The Balaban J connectivity index is 0. The van der Waals surface area contributed by atoms with Crippen molar-refractivity contribution in [2.24, 2.45) is 5.73 Å².